The monoisotopic (exact) mass is 160 g/mol. The Kier molecular flexibility index (Phi) is 1.47. The second-order valence-electron chi connectivity index (χ2n) is 3.35. The third-order valence-electron chi connectivity index (χ3n) is 2.44. The standard InChI is InChI=1S/C7H12O4/c8-5-3-11-7(10,6(5)9)4-1-2-4/h4-6,8-10H,1-3H2/t5-,6-,7-/m1/s1. The van der Waals surface area contributed by atoms with Crippen molar-refractivity contribution < 1.29 is 20.1 Å². The van der Waals surface area contributed by atoms with Crippen molar-refractivity contribution in [2.24, 2.45) is 5.92 Å². The molecule has 2 rings (SSSR count). The maximum atomic E-state index is 9.64. The third kappa shape index (κ3) is 0.980. The smallest absolute Gasteiger partial charge is 0.197 e. The third-order valence-corrected chi connectivity index (χ3v) is 2.44. The van der Waals surface area contributed by atoms with E-state index in [1.54, 1.807) is 0 Å². The molecule has 0 aromatic heterocycles. The Morgan fingerprint density at radius 1 is 1.27 bits per heavy atom. The lowest BCUT2D eigenvalue weighted by Gasteiger charge is -2.25. The van der Waals surface area contributed by atoms with Gasteiger partial charge in [-0.2, -0.15) is 0 Å². The second-order valence-corrected chi connectivity index (χ2v) is 3.35. The Labute approximate surface area is 64.4 Å². The summed E-state index contributed by atoms with van der Waals surface area (Å²) in [4.78, 5) is 0. The lowest BCUT2D eigenvalue weighted by molar-refractivity contribution is -0.228. The van der Waals surface area contributed by atoms with Gasteiger partial charge in [-0.3, -0.25) is 0 Å². The first kappa shape index (κ1) is 7.49. The summed E-state index contributed by atoms with van der Waals surface area (Å²) < 4.78 is 4.94. The van der Waals surface area contributed by atoms with Crippen LogP contribution in [0.4, 0.5) is 0 Å². The molecule has 1 aliphatic carbocycles. The molecule has 4 heteroatoms. The highest BCUT2D eigenvalue weighted by molar-refractivity contribution is 4.99. The summed E-state index contributed by atoms with van der Waals surface area (Å²) in [5.41, 5.74) is 0. The van der Waals surface area contributed by atoms with Crippen LogP contribution < -0.4 is 0 Å². The molecule has 0 bridgehead atoms. The average molecular weight is 160 g/mol. The highest BCUT2D eigenvalue weighted by Gasteiger charge is 2.56. The molecule has 64 valence electrons. The van der Waals surface area contributed by atoms with Gasteiger partial charge in [-0.05, 0) is 12.8 Å². The van der Waals surface area contributed by atoms with Crippen LogP contribution in [-0.2, 0) is 4.74 Å². The maximum Gasteiger partial charge on any atom is 0.197 e. The molecule has 4 nitrogen and oxygen atoms in total. The largest absolute Gasteiger partial charge is 0.388 e. The minimum Gasteiger partial charge on any atom is -0.388 e. The van der Waals surface area contributed by atoms with E-state index in [4.69, 9.17) is 9.84 Å². The van der Waals surface area contributed by atoms with Gasteiger partial charge in [-0.15, -0.1) is 0 Å². The zero-order chi connectivity index (χ0) is 8.06. The topological polar surface area (TPSA) is 69.9 Å². The van der Waals surface area contributed by atoms with E-state index < -0.39 is 18.0 Å². The summed E-state index contributed by atoms with van der Waals surface area (Å²) in [6.07, 6.45) is -0.309. The van der Waals surface area contributed by atoms with Crippen molar-refractivity contribution in [1.82, 2.24) is 0 Å². The van der Waals surface area contributed by atoms with Crippen molar-refractivity contribution in [3.63, 3.8) is 0 Å². The first-order valence-electron chi connectivity index (χ1n) is 3.87. The van der Waals surface area contributed by atoms with Crippen LogP contribution in [0.5, 0.6) is 0 Å². The molecule has 1 saturated heterocycles. The molecule has 3 N–H and O–H groups in total. The van der Waals surface area contributed by atoms with E-state index in [0.717, 1.165) is 12.8 Å². The van der Waals surface area contributed by atoms with Crippen LogP contribution in [0.1, 0.15) is 12.8 Å². The molecule has 1 aliphatic heterocycles. The summed E-state index contributed by atoms with van der Waals surface area (Å²) in [5, 5.41) is 28.0. The molecule has 0 spiro atoms. The average Bonchev–Trinajstić information content (AvgIpc) is 2.77. The van der Waals surface area contributed by atoms with Crippen molar-refractivity contribution in [1.29, 1.82) is 0 Å². The van der Waals surface area contributed by atoms with Crippen LogP contribution in [-0.4, -0.2) is 39.9 Å². The number of rotatable bonds is 1. The predicted molar refractivity (Wildman–Crippen MR) is 35.6 cm³/mol. The Morgan fingerprint density at radius 2 is 1.91 bits per heavy atom. The van der Waals surface area contributed by atoms with Gasteiger partial charge < -0.3 is 20.1 Å². The quantitative estimate of drug-likeness (QED) is 0.452. The molecular formula is C7H12O4. The number of hydrogen-bond acceptors (Lipinski definition) is 4. The summed E-state index contributed by atoms with van der Waals surface area (Å²) in [7, 11) is 0. The van der Waals surface area contributed by atoms with Crippen LogP contribution in [0.2, 0.25) is 0 Å². The SMILES string of the molecule is O[C@@H]1CO[C@](O)(C2CC2)[C@@H]1O. The molecule has 1 heterocycles. The molecule has 0 radical (unpaired) electrons. The molecule has 2 fully saturated rings. The Balaban J connectivity index is 2.12. The van der Waals surface area contributed by atoms with E-state index in [1.807, 2.05) is 0 Å². The molecule has 0 aromatic carbocycles. The summed E-state index contributed by atoms with van der Waals surface area (Å²) >= 11 is 0. The number of hydrogen-bond donors (Lipinski definition) is 3. The number of aliphatic hydroxyl groups excluding tert-OH is 2. The lowest BCUT2D eigenvalue weighted by Crippen LogP contribution is -2.44. The maximum absolute atomic E-state index is 9.64. The van der Waals surface area contributed by atoms with E-state index in [2.05, 4.69) is 0 Å². The molecule has 3 atom stereocenters. The Bertz CT molecular complexity index is 168. The fourth-order valence-corrected chi connectivity index (χ4v) is 1.53. The van der Waals surface area contributed by atoms with E-state index in [-0.39, 0.29) is 12.5 Å². The van der Waals surface area contributed by atoms with E-state index in [0.29, 0.717) is 0 Å². The van der Waals surface area contributed by atoms with Gasteiger partial charge in [0.15, 0.2) is 5.79 Å². The second kappa shape index (κ2) is 2.17. The molecule has 11 heavy (non-hydrogen) atoms. The molecule has 2 aliphatic rings. The van der Waals surface area contributed by atoms with Gasteiger partial charge in [0.2, 0.25) is 0 Å². The van der Waals surface area contributed by atoms with Crippen molar-refractivity contribution in [2.75, 3.05) is 6.61 Å². The molecule has 0 unspecified atom stereocenters. The number of ether oxygens (including phenoxy) is 1. The highest BCUT2D eigenvalue weighted by Crippen LogP contribution is 2.45. The van der Waals surface area contributed by atoms with Crippen LogP contribution in [0.25, 0.3) is 0 Å². The summed E-state index contributed by atoms with van der Waals surface area (Å²) in [6.45, 7) is 0.0359. The fourth-order valence-electron chi connectivity index (χ4n) is 1.53. The van der Waals surface area contributed by atoms with Gasteiger partial charge in [-0.25, -0.2) is 0 Å². The van der Waals surface area contributed by atoms with Crippen molar-refractivity contribution in [2.45, 2.75) is 30.8 Å². The molecule has 0 amide bonds. The van der Waals surface area contributed by atoms with Crippen molar-refractivity contribution >= 4 is 0 Å². The van der Waals surface area contributed by atoms with Gasteiger partial charge >= 0.3 is 0 Å². The summed E-state index contributed by atoms with van der Waals surface area (Å²) in [6, 6.07) is 0. The summed E-state index contributed by atoms with van der Waals surface area (Å²) in [5.74, 6) is -1.44. The van der Waals surface area contributed by atoms with Gasteiger partial charge in [-0.1, -0.05) is 0 Å². The lowest BCUT2D eigenvalue weighted by atomic mass is 10.0. The zero-order valence-corrected chi connectivity index (χ0v) is 6.10. The van der Waals surface area contributed by atoms with Crippen molar-refractivity contribution in [3.05, 3.63) is 0 Å². The van der Waals surface area contributed by atoms with Gasteiger partial charge in [0.05, 0.1) is 6.61 Å². The fraction of sp³-hybridized carbons (Fsp3) is 1.00. The van der Waals surface area contributed by atoms with Gasteiger partial charge in [0, 0.05) is 5.92 Å². The van der Waals surface area contributed by atoms with Gasteiger partial charge in [0.25, 0.3) is 0 Å². The van der Waals surface area contributed by atoms with Crippen LogP contribution in [0.15, 0.2) is 0 Å². The highest BCUT2D eigenvalue weighted by atomic mass is 16.7. The molecular weight excluding hydrogens is 148 g/mol. The van der Waals surface area contributed by atoms with Crippen LogP contribution in [0.3, 0.4) is 0 Å². The molecule has 0 aromatic rings. The van der Waals surface area contributed by atoms with E-state index in [1.165, 1.54) is 0 Å². The first-order chi connectivity index (χ1) is 5.14. The van der Waals surface area contributed by atoms with E-state index in [9.17, 15) is 10.2 Å². The predicted octanol–water partition coefficient (Wildman–Crippen LogP) is -1.16. The van der Waals surface area contributed by atoms with Crippen LogP contribution >= 0.6 is 0 Å². The Morgan fingerprint density at radius 3 is 2.27 bits per heavy atom. The first-order valence-corrected chi connectivity index (χ1v) is 3.87. The molecule has 1 saturated carbocycles. The minimum absolute atomic E-state index is 0.0228. The minimum atomic E-state index is -1.46. The zero-order valence-electron chi connectivity index (χ0n) is 6.10. The Hall–Kier alpha value is -0.160. The van der Waals surface area contributed by atoms with Crippen LogP contribution in [0, 0.1) is 5.92 Å². The van der Waals surface area contributed by atoms with E-state index >= 15 is 0 Å². The normalized spacial score (nSPS) is 51.5. The van der Waals surface area contributed by atoms with Gasteiger partial charge in [0.1, 0.15) is 12.2 Å². The van der Waals surface area contributed by atoms with Crippen molar-refractivity contribution in [3.8, 4) is 0 Å². The number of aliphatic hydroxyl groups is 3.